The van der Waals surface area contributed by atoms with E-state index in [0.29, 0.717) is 17.8 Å². The molecule has 0 aliphatic carbocycles. The maximum absolute atomic E-state index is 13.0. The maximum Gasteiger partial charge on any atom is 0.421 e. The lowest BCUT2D eigenvalue weighted by Gasteiger charge is -2.35. The summed E-state index contributed by atoms with van der Waals surface area (Å²) in [7, 11) is 1.38. The molecule has 132 valence electrons. The van der Waals surface area contributed by atoms with Gasteiger partial charge in [0.25, 0.3) is 0 Å². The number of fused-ring (bicyclic) bond motifs is 1. The van der Waals surface area contributed by atoms with Crippen LogP contribution in [0.25, 0.3) is 0 Å². The average Bonchev–Trinajstić information content (AvgIpc) is 2.90. The highest BCUT2D eigenvalue weighted by molar-refractivity contribution is 5.82. The molecular weight excluding hydrogens is 325 g/mol. The van der Waals surface area contributed by atoms with E-state index >= 15 is 0 Å². The summed E-state index contributed by atoms with van der Waals surface area (Å²) in [5, 5.41) is 9.42. The Morgan fingerprint density at radius 1 is 1.46 bits per heavy atom. The van der Waals surface area contributed by atoms with Crippen LogP contribution < -0.4 is 16.4 Å². The van der Waals surface area contributed by atoms with Crippen molar-refractivity contribution >= 4 is 6.21 Å². The fourth-order valence-electron chi connectivity index (χ4n) is 3.03. The first-order valence-electron chi connectivity index (χ1n) is 7.49. The summed E-state index contributed by atoms with van der Waals surface area (Å²) < 4.78 is 46.7. The molecular formula is C14H19F3N6O. The van der Waals surface area contributed by atoms with Gasteiger partial charge in [-0.1, -0.05) is 0 Å². The van der Waals surface area contributed by atoms with Gasteiger partial charge in [0.15, 0.2) is 0 Å². The van der Waals surface area contributed by atoms with Crippen LogP contribution >= 0.6 is 0 Å². The van der Waals surface area contributed by atoms with Crippen LogP contribution in [-0.4, -0.2) is 35.3 Å². The topological polar surface area (TPSA) is 89.5 Å². The van der Waals surface area contributed by atoms with Crippen LogP contribution in [0.1, 0.15) is 31.2 Å². The van der Waals surface area contributed by atoms with Gasteiger partial charge in [-0.3, -0.25) is 10.4 Å². The van der Waals surface area contributed by atoms with Crippen LogP contribution in [0.4, 0.5) is 13.2 Å². The highest BCUT2D eigenvalue weighted by Crippen LogP contribution is 2.35. The summed E-state index contributed by atoms with van der Waals surface area (Å²) in [5.74, 6) is -1.79. The summed E-state index contributed by atoms with van der Waals surface area (Å²) in [5.41, 5.74) is 6.52. The van der Waals surface area contributed by atoms with Gasteiger partial charge >= 0.3 is 6.18 Å². The molecule has 0 radical (unpaired) electrons. The number of hydrogen-bond donors (Lipinski definition) is 3. The quantitative estimate of drug-likeness (QED) is 0.748. The summed E-state index contributed by atoms with van der Waals surface area (Å²) >= 11 is 0. The number of alkyl halides is 3. The summed E-state index contributed by atoms with van der Waals surface area (Å²) in [6.45, 7) is 4.31. The molecule has 3 heterocycles. The number of ether oxygens (including phenoxy) is 1. The standard InChI is InChI=1S/C14H19F3N6O/c1-7-6-23-11(8(2)24-7)9(5-21-23)14(18)20-4-10(13(15,16)17)12(19-3)22-14/h4-5,7-8,19,22H,6,18H2,1-3H3. The SMILES string of the molecule is CNC1=C(C(F)(F)F)C=NC(N)(c2cnn3c2C(C)OC(C)C3)N1. The molecule has 24 heavy (non-hydrogen) atoms. The molecule has 0 fully saturated rings. The number of hydrogen-bond acceptors (Lipinski definition) is 6. The molecule has 0 aromatic carbocycles. The van der Waals surface area contributed by atoms with Crippen LogP contribution in [0.15, 0.2) is 22.6 Å². The lowest BCUT2D eigenvalue weighted by molar-refractivity contribution is -0.0876. The lowest BCUT2D eigenvalue weighted by Crippen LogP contribution is -2.54. The van der Waals surface area contributed by atoms with E-state index in [1.54, 1.807) is 4.68 Å². The third-order valence-corrected chi connectivity index (χ3v) is 4.08. The number of nitrogens with zero attached hydrogens (tertiary/aromatic N) is 3. The number of aromatic nitrogens is 2. The van der Waals surface area contributed by atoms with E-state index in [2.05, 4.69) is 20.7 Å². The molecule has 0 saturated carbocycles. The van der Waals surface area contributed by atoms with Crippen molar-refractivity contribution in [3.63, 3.8) is 0 Å². The van der Waals surface area contributed by atoms with Crippen LogP contribution in [0.2, 0.25) is 0 Å². The molecule has 2 aliphatic heterocycles. The molecule has 3 atom stereocenters. The van der Waals surface area contributed by atoms with Crippen molar-refractivity contribution in [2.75, 3.05) is 7.05 Å². The predicted molar refractivity (Wildman–Crippen MR) is 80.8 cm³/mol. The van der Waals surface area contributed by atoms with Crippen molar-refractivity contribution in [3.8, 4) is 0 Å². The van der Waals surface area contributed by atoms with E-state index < -0.39 is 17.5 Å². The van der Waals surface area contributed by atoms with E-state index in [9.17, 15) is 13.2 Å². The lowest BCUT2D eigenvalue weighted by atomic mass is 10.0. The van der Waals surface area contributed by atoms with Crippen molar-refractivity contribution in [2.24, 2.45) is 10.7 Å². The molecule has 3 rings (SSSR count). The molecule has 10 heteroatoms. The molecule has 0 saturated heterocycles. The molecule has 1 aromatic rings. The predicted octanol–water partition coefficient (Wildman–Crippen LogP) is 1.10. The molecule has 7 nitrogen and oxygen atoms in total. The summed E-state index contributed by atoms with van der Waals surface area (Å²) in [6, 6.07) is 0. The van der Waals surface area contributed by atoms with Gasteiger partial charge in [0.2, 0.25) is 5.79 Å². The van der Waals surface area contributed by atoms with Crippen molar-refractivity contribution in [3.05, 3.63) is 28.8 Å². The second kappa shape index (κ2) is 5.49. The van der Waals surface area contributed by atoms with Gasteiger partial charge in [0.05, 0.1) is 36.2 Å². The summed E-state index contributed by atoms with van der Waals surface area (Å²) in [4.78, 5) is 3.93. The first-order chi connectivity index (χ1) is 11.2. The smallest absolute Gasteiger partial charge is 0.374 e. The van der Waals surface area contributed by atoms with Crippen molar-refractivity contribution in [1.29, 1.82) is 0 Å². The number of allylic oxidation sites excluding steroid dienone is 1. The van der Waals surface area contributed by atoms with Gasteiger partial charge in [-0.25, -0.2) is 4.99 Å². The zero-order valence-electron chi connectivity index (χ0n) is 13.5. The zero-order valence-corrected chi connectivity index (χ0v) is 13.5. The van der Waals surface area contributed by atoms with Gasteiger partial charge in [-0.15, -0.1) is 0 Å². The van der Waals surface area contributed by atoms with E-state index in [-0.39, 0.29) is 18.0 Å². The number of nitrogens with two attached hydrogens (primary N) is 1. The number of halogens is 3. The fraction of sp³-hybridized carbons (Fsp3) is 0.571. The molecule has 2 aliphatic rings. The molecule has 1 aromatic heterocycles. The normalized spacial score (nSPS) is 30.1. The zero-order chi connectivity index (χ0) is 17.7. The third-order valence-electron chi connectivity index (χ3n) is 4.08. The molecule has 0 spiro atoms. The van der Waals surface area contributed by atoms with Crippen LogP contribution in [-0.2, 0) is 17.1 Å². The van der Waals surface area contributed by atoms with Gasteiger partial charge in [-0.2, -0.15) is 18.3 Å². The minimum atomic E-state index is -4.54. The maximum atomic E-state index is 13.0. The fourth-order valence-corrected chi connectivity index (χ4v) is 3.03. The Labute approximate surface area is 136 Å². The van der Waals surface area contributed by atoms with E-state index in [4.69, 9.17) is 10.5 Å². The first-order valence-corrected chi connectivity index (χ1v) is 7.49. The van der Waals surface area contributed by atoms with E-state index in [1.807, 2.05) is 13.8 Å². The largest absolute Gasteiger partial charge is 0.421 e. The van der Waals surface area contributed by atoms with Gasteiger partial charge in [0.1, 0.15) is 11.4 Å². The van der Waals surface area contributed by atoms with Gasteiger partial charge < -0.3 is 15.4 Å². The molecule has 0 amide bonds. The van der Waals surface area contributed by atoms with Crippen molar-refractivity contribution in [1.82, 2.24) is 20.4 Å². The minimum Gasteiger partial charge on any atom is -0.374 e. The van der Waals surface area contributed by atoms with Crippen molar-refractivity contribution < 1.29 is 17.9 Å². The Kier molecular flexibility index (Phi) is 3.83. The summed E-state index contributed by atoms with van der Waals surface area (Å²) in [6.07, 6.45) is -2.59. The van der Waals surface area contributed by atoms with E-state index in [1.165, 1.54) is 13.2 Å². The van der Waals surface area contributed by atoms with E-state index in [0.717, 1.165) is 6.21 Å². The van der Waals surface area contributed by atoms with Gasteiger partial charge in [0, 0.05) is 13.3 Å². The van der Waals surface area contributed by atoms with Crippen molar-refractivity contribution in [2.45, 2.75) is 44.6 Å². The van der Waals surface area contributed by atoms with Crippen LogP contribution in [0.3, 0.4) is 0 Å². The second-order valence-corrected chi connectivity index (χ2v) is 5.90. The van der Waals surface area contributed by atoms with Gasteiger partial charge in [-0.05, 0) is 13.8 Å². The Balaban J connectivity index is 2.01. The number of aliphatic imine (C=N–C) groups is 1. The molecule has 4 N–H and O–H groups in total. The third kappa shape index (κ3) is 2.65. The number of rotatable bonds is 2. The number of nitrogens with one attached hydrogen (secondary N) is 2. The van der Waals surface area contributed by atoms with Crippen LogP contribution in [0.5, 0.6) is 0 Å². The molecule has 0 bridgehead atoms. The van der Waals surface area contributed by atoms with Crippen LogP contribution in [0, 0.1) is 0 Å². The Bertz CT molecular complexity index is 710. The average molecular weight is 344 g/mol. The molecule has 3 unspecified atom stereocenters. The first kappa shape index (κ1) is 16.8. The Hall–Kier alpha value is -2.07. The second-order valence-electron chi connectivity index (χ2n) is 5.90. The monoisotopic (exact) mass is 344 g/mol. The highest BCUT2D eigenvalue weighted by Gasteiger charge is 2.43. The Morgan fingerprint density at radius 3 is 2.79 bits per heavy atom. The minimum absolute atomic E-state index is 0.0126. The highest BCUT2D eigenvalue weighted by atomic mass is 19.4. The Morgan fingerprint density at radius 2 is 2.17 bits per heavy atom.